The lowest BCUT2D eigenvalue weighted by Crippen LogP contribution is -2.36. The lowest BCUT2D eigenvalue weighted by Gasteiger charge is -2.26. The van der Waals surface area contributed by atoms with E-state index in [1.807, 2.05) is 50.4 Å². The number of nitrogens with one attached hydrogen (secondary N) is 2. The predicted molar refractivity (Wildman–Crippen MR) is 75.8 cm³/mol. The molecule has 0 bridgehead atoms. The van der Waals surface area contributed by atoms with Crippen molar-refractivity contribution in [2.75, 3.05) is 6.54 Å². The van der Waals surface area contributed by atoms with E-state index in [1.54, 1.807) is 0 Å². The van der Waals surface area contributed by atoms with Crippen molar-refractivity contribution in [1.82, 2.24) is 15.5 Å². The van der Waals surface area contributed by atoms with Crippen LogP contribution in [-0.2, 0) is 5.60 Å². The molecule has 0 aliphatic carbocycles. The molecule has 4 nitrogen and oxygen atoms in total. The van der Waals surface area contributed by atoms with E-state index in [0.29, 0.717) is 6.54 Å². The van der Waals surface area contributed by atoms with E-state index in [2.05, 4.69) is 22.4 Å². The summed E-state index contributed by atoms with van der Waals surface area (Å²) in [6.45, 7) is 6.38. The molecular formula is C15H21N3O. The monoisotopic (exact) mass is 259 g/mol. The maximum atomic E-state index is 10.5. The molecule has 2 aromatic rings. The van der Waals surface area contributed by atoms with Crippen LogP contribution in [0.4, 0.5) is 0 Å². The zero-order chi connectivity index (χ0) is 13.9. The number of aliphatic hydroxyl groups is 1. The Hall–Kier alpha value is -1.65. The Labute approximate surface area is 113 Å². The second-order valence-corrected chi connectivity index (χ2v) is 5.19. The van der Waals surface area contributed by atoms with Gasteiger partial charge in [-0.2, -0.15) is 5.10 Å². The topological polar surface area (TPSA) is 60.9 Å². The maximum Gasteiger partial charge on any atom is 0.0992 e. The number of rotatable bonds is 5. The number of aromatic amines is 1. The van der Waals surface area contributed by atoms with Crippen LogP contribution in [0.1, 0.15) is 36.7 Å². The Morgan fingerprint density at radius 2 is 2.05 bits per heavy atom. The van der Waals surface area contributed by atoms with Gasteiger partial charge in [-0.05, 0) is 26.3 Å². The van der Waals surface area contributed by atoms with Gasteiger partial charge >= 0.3 is 0 Å². The fourth-order valence-electron chi connectivity index (χ4n) is 2.16. The van der Waals surface area contributed by atoms with Gasteiger partial charge in [0.2, 0.25) is 0 Å². The van der Waals surface area contributed by atoms with Gasteiger partial charge in [-0.15, -0.1) is 0 Å². The molecule has 19 heavy (non-hydrogen) atoms. The normalized spacial score (nSPS) is 16.0. The summed E-state index contributed by atoms with van der Waals surface area (Å²) in [5.41, 5.74) is 2.22. The molecule has 2 unspecified atom stereocenters. The van der Waals surface area contributed by atoms with E-state index >= 15 is 0 Å². The van der Waals surface area contributed by atoms with Crippen LogP contribution in [0.5, 0.6) is 0 Å². The zero-order valence-electron chi connectivity index (χ0n) is 11.6. The Morgan fingerprint density at radius 3 is 2.63 bits per heavy atom. The first-order chi connectivity index (χ1) is 9.00. The number of aromatic nitrogens is 2. The molecule has 102 valence electrons. The van der Waals surface area contributed by atoms with Crippen LogP contribution in [0.25, 0.3) is 0 Å². The molecule has 0 fully saturated rings. The second-order valence-electron chi connectivity index (χ2n) is 5.19. The zero-order valence-corrected chi connectivity index (χ0v) is 11.6. The van der Waals surface area contributed by atoms with Crippen molar-refractivity contribution in [3.05, 3.63) is 53.3 Å². The van der Waals surface area contributed by atoms with Gasteiger partial charge in [0.25, 0.3) is 0 Å². The predicted octanol–water partition coefficient (Wildman–Crippen LogP) is 2.28. The molecule has 0 spiro atoms. The molecule has 0 aliphatic rings. The molecule has 0 amide bonds. The molecular weight excluding hydrogens is 238 g/mol. The molecule has 2 rings (SSSR count). The minimum Gasteiger partial charge on any atom is -0.384 e. The summed E-state index contributed by atoms with van der Waals surface area (Å²) < 4.78 is 0. The number of nitrogens with zero attached hydrogens (tertiary/aromatic N) is 1. The van der Waals surface area contributed by atoms with Gasteiger partial charge in [-0.3, -0.25) is 5.10 Å². The molecule has 1 aromatic carbocycles. The van der Waals surface area contributed by atoms with Gasteiger partial charge in [0.05, 0.1) is 11.8 Å². The summed E-state index contributed by atoms with van der Waals surface area (Å²) in [6.07, 6.45) is 1.82. The highest BCUT2D eigenvalue weighted by Gasteiger charge is 2.23. The standard InChI is InChI=1S/C15H21N3O/c1-11(14-9-17-18-12(14)2)16-10-15(3,19)13-7-5-4-6-8-13/h4-9,11,16,19H,10H2,1-3H3,(H,17,18). The molecule has 3 N–H and O–H groups in total. The number of aryl methyl sites for hydroxylation is 1. The minimum atomic E-state index is -0.882. The molecule has 2 atom stereocenters. The third-order valence-electron chi connectivity index (χ3n) is 3.48. The lowest BCUT2D eigenvalue weighted by molar-refractivity contribution is 0.0543. The highest BCUT2D eigenvalue weighted by atomic mass is 16.3. The summed E-state index contributed by atoms with van der Waals surface area (Å²) in [7, 11) is 0. The summed E-state index contributed by atoms with van der Waals surface area (Å²) in [6, 6.07) is 9.85. The number of hydrogen-bond acceptors (Lipinski definition) is 3. The first kappa shape index (κ1) is 13.8. The van der Waals surface area contributed by atoms with Crippen molar-refractivity contribution in [1.29, 1.82) is 0 Å². The minimum absolute atomic E-state index is 0.147. The van der Waals surface area contributed by atoms with E-state index in [4.69, 9.17) is 0 Å². The quantitative estimate of drug-likeness (QED) is 0.772. The van der Waals surface area contributed by atoms with E-state index in [9.17, 15) is 5.11 Å². The Kier molecular flexibility index (Phi) is 4.02. The first-order valence-electron chi connectivity index (χ1n) is 6.52. The van der Waals surface area contributed by atoms with Gasteiger partial charge < -0.3 is 10.4 Å². The van der Waals surface area contributed by atoms with Crippen LogP contribution in [-0.4, -0.2) is 21.8 Å². The van der Waals surface area contributed by atoms with Crippen LogP contribution >= 0.6 is 0 Å². The van der Waals surface area contributed by atoms with Crippen molar-refractivity contribution >= 4 is 0 Å². The van der Waals surface area contributed by atoms with Gasteiger partial charge in [0.1, 0.15) is 0 Å². The Bertz CT molecular complexity index is 519. The summed E-state index contributed by atoms with van der Waals surface area (Å²) in [5, 5.41) is 20.8. The van der Waals surface area contributed by atoms with Crippen LogP contribution in [0.2, 0.25) is 0 Å². The number of H-pyrrole nitrogens is 1. The Balaban J connectivity index is 2.00. The fourth-order valence-corrected chi connectivity index (χ4v) is 2.16. The van der Waals surface area contributed by atoms with Crippen molar-refractivity contribution in [2.45, 2.75) is 32.4 Å². The van der Waals surface area contributed by atoms with Crippen molar-refractivity contribution in [3.8, 4) is 0 Å². The molecule has 0 saturated heterocycles. The van der Waals surface area contributed by atoms with Gasteiger partial charge in [-0.1, -0.05) is 30.3 Å². The van der Waals surface area contributed by atoms with Crippen LogP contribution < -0.4 is 5.32 Å². The summed E-state index contributed by atoms with van der Waals surface area (Å²) in [5.74, 6) is 0. The number of hydrogen-bond donors (Lipinski definition) is 3. The smallest absolute Gasteiger partial charge is 0.0992 e. The largest absolute Gasteiger partial charge is 0.384 e. The van der Waals surface area contributed by atoms with Gasteiger partial charge in [0, 0.05) is 23.8 Å². The van der Waals surface area contributed by atoms with Crippen molar-refractivity contribution in [2.24, 2.45) is 0 Å². The summed E-state index contributed by atoms with van der Waals surface area (Å²) >= 11 is 0. The number of benzene rings is 1. The van der Waals surface area contributed by atoms with Crippen LogP contribution in [0.15, 0.2) is 36.5 Å². The Morgan fingerprint density at radius 1 is 1.37 bits per heavy atom. The highest BCUT2D eigenvalue weighted by Crippen LogP contribution is 2.21. The third-order valence-corrected chi connectivity index (χ3v) is 3.48. The molecule has 0 saturated carbocycles. The van der Waals surface area contributed by atoms with E-state index in [1.165, 1.54) is 0 Å². The highest BCUT2D eigenvalue weighted by molar-refractivity contribution is 5.23. The first-order valence-corrected chi connectivity index (χ1v) is 6.52. The average Bonchev–Trinajstić information content (AvgIpc) is 2.83. The SMILES string of the molecule is Cc1[nH]ncc1C(C)NCC(C)(O)c1ccccc1. The lowest BCUT2D eigenvalue weighted by atomic mass is 9.95. The average molecular weight is 259 g/mol. The summed E-state index contributed by atoms with van der Waals surface area (Å²) in [4.78, 5) is 0. The third kappa shape index (κ3) is 3.22. The van der Waals surface area contributed by atoms with Crippen LogP contribution in [0, 0.1) is 6.92 Å². The van der Waals surface area contributed by atoms with E-state index in [-0.39, 0.29) is 6.04 Å². The molecule has 1 heterocycles. The second kappa shape index (κ2) is 5.55. The van der Waals surface area contributed by atoms with Crippen molar-refractivity contribution in [3.63, 3.8) is 0 Å². The van der Waals surface area contributed by atoms with Crippen LogP contribution in [0.3, 0.4) is 0 Å². The van der Waals surface area contributed by atoms with E-state index < -0.39 is 5.60 Å². The molecule has 1 aromatic heterocycles. The maximum absolute atomic E-state index is 10.5. The molecule has 0 radical (unpaired) electrons. The molecule has 4 heteroatoms. The van der Waals surface area contributed by atoms with E-state index in [0.717, 1.165) is 16.8 Å². The van der Waals surface area contributed by atoms with Gasteiger partial charge in [-0.25, -0.2) is 0 Å². The van der Waals surface area contributed by atoms with Gasteiger partial charge in [0.15, 0.2) is 0 Å². The molecule has 0 aliphatic heterocycles. The van der Waals surface area contributed by atoms with Crippen molar-refractivity contribution < 1.29 is 5.11 Å². The fraction of sp³-hybridized carbons (Fsp3) is 0.400.